The summed E-state index contributed by atoms with van der Waals surface area (Å²) in [6, 6.07) is 4.55. The Balaban J connectivity index is 0.00000264. The first-order chi connectivity index (χ1) is 10.6. The van der Waals surface area contributed by atoms with Crippen LogP contribution >= 0.6 is 0 Å². The lowest BCUT2D eigenvalue weighted by molar-refractivity contribution is -0.685. The lowest BCUT2D eigenvalue weighted by Crippen LogP contribution is -3.00. The van der Waals surface area contributed by atoms with Gasteiger partial charge in [-0.25, -0.2) is 9.55 Å². The SMILES string of the molecule is CCCCCCCC[n+]1cc[nH]c1-c1c(C)cc(C)cc1C.[Br-]. The van der Waals surface area contributed by atoms with Gasteiger partial charge in [0.15, 0.2) is 0 Å². The van der Waals surface area contributed by atoms with Gasteiger partial charge in [0, 0.05) is 0 Å². The summed E-state index contributed by atoms with van der Waals surface area (Å²) < 4.78 is 2.38. The molecule has 0 radical (unpaired) electrons. The van der Waals surface area contributed by atoms with E-state index in [1.165, 1.54) is 66.6 Å². The van der Waals surface area contributed by atoms with Gasteiger partial charge in [0.1, 0.15) is 12.4 Å². The molecule has 0 bridgehead atoms. The number of nitrogens with one attached hydrogen (secondary N) is 1. The van der Waals surface area contributed by atoms with Gasteiger partial charge in [0.2, 0.25) is 0 Å². The molecule has 0 fully saturated rings. The van der Waals surface area contributed by atoms with Crippen LogP contribution in [0.5, 0.6) is 0 Å². The van der Waals surface area contributed by atoms with Crippen molar-refractivity contribution in [3.8, 4) is 11.4 Å². The Morgan fingerprint density at radius 2 is 1.52 bits per heavy atom. The first-order valence-corrected chi connectivity index (χ1v) is 8.78. The maximum Gasteiger partial charge on any atom is 0.287 e. The maximum atomic E-state index is 3.45. The summed E-state index contributed by atoms with van der Waals surface area (Å²) in [5, 5.41) is 0. The number of nitrogens with zero attached hydrogens (tertiary/aromatic N) is 1. The molecule has 1 heterocycles. The Morgan fingerprint density at radius 1 is 0.913 bits per heavy atom. The summed E-state index contributed by atoms with van der Waals surface area (Å²) in [6.07, 6.45) is 12.3. The lowest BCUT2D eigenvalue weighted by atomic mass is 9.99. The second kappa shape index (κ2) is 9.92. The van der Waals surface area contributed by atoms with Gasteiger partial charge < -0.3 is 17.0 Å². The topological polar surface area (TPSA) is 19.7 Å². The molecule has 1 aromatic heterocycles. The van der Waals surface area contributed by atoms with Gasteiger partial charge in [-0.2, -0.15) is 0 Å². The number of aryl methyl sites for hydroxylation is 4. The van der Waals surface area contributed by atoms with Gasteiger partial charge in [-0.15, -0.1) is 0 Å². The molecular weight excluding hydrogens is 348 g/mol. The highest BCUT2D eigenvalue weighted by molar-refractivity contribution is 5.63. The predicted molar refractivity (Wildman–Crippen MR) is 94.0 cm³/mol. The Kier molecular flexibility index (Phi) is 8.60. The fraction of sp³-hybridized carbons (Fsp3) is 0.550. The van der Waals surface area contributed by atoms with E-state index < -0.39 is 0 Å². The predicted octanol–water partition coefficient (Wildman–Crippen LogP) is 2.26. The third-order valence-corrected chi connectivity index (χ3v) is 4.43. The average Bonchev–Trinajstić information content (AvgIpc) is 2.90. The van der Waals surface area contributed by atoms with E-state index in [1.807, 2.05) is 0 Å². The zero-order chi connectivity index (χ0) is 15.9. The Hall–Kier alpha value is -1.09. The molecule has 0 aliphatic carbocycles. The molecular formula is C20H31BrN2. The Labute approximate surface area is 152 Å². The highest BCUT2D eigenvalue weighted by atomic mass is 79.9. The Morgan fingerprint density at radius 3 is 2.17 bits per heavy atom. The highest BCUT2D eigenvalue weighted by Gasteiger charge is 2.17. The number of hydrogen-bond acceptors (Lipinski definition) is 0. The van der Waals surface area contributed by atoms with Crippen molar-refractivity contribution >= 4 is 0 Å². The van der Waals surface area contributed by atoms with Crippen LogP contribution in [0.3, 0.4) is 0 Å². The smallest absolute Gasteiger partial charge is 0.287 e. The number of aromatic amines is 1. The van der Waals surface area contributed by atoms with Gasteiger partial charge >= 0.3 is 0 Å². The van der Waals surface area contributed by atoms with E-state index in [4.69, 9.17) is 0 Å². The van der Waals surface area contributed by atoms with Gasteiger partial charge in [0.25, 0.3) is 5.82 Å². The molecule has 1 aromatic carbocycles. The third kappa shape index (κ3) is 5.49. The van der Waals surface area contributed by atoms with Crippen LogP contribution < -0.4 is 21.5 Å². The molecule has 0 aliphatic heterocycles. The second-order valence-corrected chi connectivity index (χ2v) is 6.54. The van der Waals surface area contributed by atoms with Crippen LogP contribution in [0.1, 0.15) is 62.1 Å². The van der Waals surface area contributed by atoms with E-state index >= 15 is 0 Å². The fourth-order valence-corrected chi connectivity index (χ4v) is 3.38. The van der Waals surface area contributed by atoms with Crippen molar-refractivity contribution in [2.45, 2.75) is 72.8 Å². The summed E-state index contributed by atoms with van der Waals surface area (Å²) in [4.78, 5) is 3.45. The second-order valence-electron chi connectivity index (χ2n) is 6.54. The zero-order valence-electron chi connectivity index (χ0n) is 15.1. The van der Waals surface area contributed by atoms with E-state index in [2.05, 4.69) is 61.8 Å². The van der Waals surface area contributed by atoms with Crippen LogP contribution in [0.15, 0.2) is 24.5 Å². The molecule has 0 unspecified atom stereocenters. The fourth-order valence-electron chi connectivity index (χ4n) is 3.38. The normalized spacial score (nSPS) is 10.6. The third-order valence-electron chi connectivity index (χ3n) is 4.43. The van der Waals surface area contributed by atoms with E-state index in [-0.39, 0.29) is 17.0 Å². The molecule has 0 atom stereocenters. The lowest BCUT2D eigenvalue weighted by Gasteiger charge is -2.09. The van der Waals surface area contributed by atoms with E-state index in [0.717, 1.165) is 6.54 Å². The Bertz CT molecular complexity index is 578. The summed E-state index contributed by atoms with van der Waals surface area (Å²) in [7, 11) is 0. The van der Waals surface area contributed by atoms with Crippen molar-refractivity contribution in [3.63, 3.8) is 0 Å². The van der Waals surface area contributed by atoms with Gasteiger partial charge in [-0.3, -0.25) is 0 Å². The molecule has 0 aliphatic rings. The van der Waals surface area contributed by atoms with Crippen LogP contribution in [0.25, 0.3) is 11.4 Å². The molecule has 128 valence electrons. The van der Waals surface area contributed by atoms with E-state index in [0.29, 0.717) is 0 Å². The molecule has 23 heavy (non-hydrogen) atoms. The first kappa shape index (κ1) is 20.0. The minimum atomic E-state index is 0. The number of benzene rings is 1. The molecule has 0 amide bonds. The number of H-pyrrole nitrogens is 1. The van der Waals surface area contributed by atoms with Gasteiger partial charge in [-0.05, 0) is 44.7 Å². The number of halogens is 1. The standard InChI is InChI=1S/C20H30N2.BrH/c1-5-6-7-8-9-10-12-22-13-11-21-20(22)19-17(3)14-16(2)15-18(19)4;/h11,13-15H,5-10,12H2,1-4H3;1H. The molecule has 0 saturated carbocycles. The summed E-state index contributed by atoms with van der Waals surface area (Å²) in [5.41, 5.74) is 5.42. The quantitative estimate of drug-likeness (QED) is 0.536. The van der Waals surface area contributed by atoms with Crippen molar-refractivity contribution in [2.24, 2.45) is 0 Å². The van der Waals surface area contributed by atoms with Crippen LogP contribution in [0.2, 0.25) is 0 Å². The number of unbranched alkanes of at least 4 members (excludes halogenated alkanes) is 5. The van der Waals surface area contributed by atoms with E-state index in [1.54, 1.807) is 0 Å². The largest absolute Gasteiger partial charge is 1.00 e. The summed E-state index contributed by atoms with van der Waals surface area (Å²) in [5.74, 6) is 1.25. The van der Waals surface area contributed by atoms with Crippen LogP contribution in [-0.2, 0) is 6.54 Å². The van der Waals surface area contributed by atoms with Gasteiger partial charge in [0.05, 0.1) is 12.1 Å². The number of hydrogen-bond donors (Lipinski definition) is 1. The molecule has 3 heteroatoms. The molecule has 2 nitrogen and oxygen atoms in total. The van der Waals surface area contributed by atoms with Crippen molar-refractivity contribution in [2.75, 3.05) is 0 Å². The van der Waals surface area contributed by atoms with Crippen molar-refractivity contribution in [3.05, 3.63) is 41.2 Å². The highest BCUT2D eigenvalue weighted by Crippen LogP contribution is 2.24. The van der Waals surface area contributed by atoms with Crippen LogP contribution in [0.4, 0.5) is 0 Å². The van der Waals surface area contributed by atoms with Crippen LogP contribution in [-0.4, -0.2) is 4.98 Å². The number of imidazole rings is 1. The molecule has 2 rings (SSSR count). The average molecular weight is 379 g/mol. The maximum absolute atomic E-state index is 3.45. The van der Waals surface area contributed by atoms with Crippen molar-refractivity contribution in [1.29, 1.82) is 0 Å². The molecule has 0 saturated heterocycles. The summed E-state index contributed by atoms with van der Waals surface area (Å²) in [6.45, 7) is 9.98. The van der Waals surface area contributed by atoms with Gasteiger partial charge in [-0.1, -0.05) is 50.3 Å². The minimum absolute atomic E-state index is 0. The van der Waals surface area contributed by atoms with E-state index in [9.17, 15) is 0 Å². The van der Waals surface area contributed by atoms with Crippen molar-refractivity contribution in [1.82, 2.24) is 4.98 Å². The van der Waals surface area contributed by atoms with Crippen LogP contribution in [0, 0.1) is 20.8 Å². The number of aromatic nitrogens is 2. The molecule has 1 N–H and O–H groups in total. The molecule has 2 aromatic rings. The molecule has 0 spiro atoms. The minimum Gasteiger partial charge on any atom is -1.00 e. The first-order valence-electron chi connectivity index (χ1n) is 8.78. The summed E-state index contributed by atoms with van der Waals surface area (Å²) >= 11 is 0. The zero-order valence-corrected chi connectivity index (χ0v) is 16.7. The number of rotatable bonds is 8. The monoisotopic (exact) mass is 378 g/mol. The van der Waals surface area contributed by atoms with Crippen molar-refractivity contribution < 1.29 is 21.5 Å².